The molecule has 0 aliphatic rings. The van der Waals surface area contributed by atoms with Crippen LogP contribution in [0.1, 0.15) is 23.8 Å². The van der Waals surface area contributed by atoms with E-state index in [4.69, 9.17) is 9.47 Å². The molecule has 3 aromatic rings. The summed E-state index contributed by atoms with van der Waals surface area (Å²) in [5, 5.41) is 6.60. The molecule has 1 N–H and O–H groups in total. The number of hydrogen-bond acceptors (Lipinski definition) is 5. The first-order valence-electron chi connectivity index (χ1n) is 9.01. The Kier molecular flexibility index (Phi) is 6.23. The van der Waals surface area contributed by atoms with Crippen molar-refractivity contribution >= 4 is 11.6 Å². The predicted octanol–water partition coefficient (Wildman–Crippen LogP) is 3.85. The van der Waals surface area contributed by atoms with E-state index in [9.17, 15) is 14.0 Å². The lowest BCUT2D eigenvalue weighted by Gasteiger charge is -2.12. The molecule has 2 aromatic carbocycles. The van der Waals surface area contributed by atoms with Gasteiger partial charge in [-0.2, -0.15) is 5.10 Å². The van der Waals surface area contributed by atoms with Crippen LogP contribution >= 0.6 is 0 Å². The van der Waals surface area contributed by atoms with Gasteiger partial charge in [0.25, 0.3) is 11.5 Å². The molecular weight excluding hydrogens is 377 g/mol. The van der Waals surface area contributed by atoms with E-state index in [-0.39, 0.29) is 22.7 Å². The molecular formula is C21H20FN3O4. The lowest BCUT2D eigenvalue weighted by Crippen LogP contribution is -2.26. The van der Waals surface area contributed by atoms with E-state index in [1.54, 1.807) is 24.3 Å². The lowest BCUT2D eigenvalue weighted by atomic mass is 10.2. The van der Waals surface area contributed by atoms with E-state index in [1.165, 1.54) is 36.1 Å². The number of methoxy groups -OCH3 is 1. The van der Waals surface area contributed by atoms with Crippen LogP contribution in [0.25, 0.3) is 0 Å². The minimum Gasteiger partial charge on any atom is -0.493 e. The molecule has 0 fully saturated rings. The fourth-order valence-electron chi connectivity index (χ4n) is 2.62. The van der Waals surface area contributed by atoms with E-state index in [2.05, 4.69) is 10.4 Å². The third-order valence-corrected chi connectivity index (χ3v) is 4.01. The average molecular weight is 397 g/mol. The second-order valence-corrected chi connectivity index (χ2v) is 6.13. The zero-order valence-corrected chi connectivity index (χ0v) is 16.0. The second-order valence-electron chi connectivity index (χ2n) is 6.13. The van der Waals surface area contributed by atoms with Crippen LogP contribution in [0.4, 0.5) is 10.1 Å². The number of aromatic nitrogens is 2. The number of hydrogen-bond donors (Lipinski definition) is 1. The fourth-order valence-corrected chi connectivity index (χ4v) is 2.62. The molecule has 0 unspecified atom stereocenters. The van der Waals surface area contributed by atoms with E-state index >= 15 is 0 Å². The SMILES string of the molecule is CCCn1nc(C(=O)Nc2ccc(Oc3ccccc3OC)c(F)c2)ccc1=O. The zero-order valence-electron chi connectivity index (χ0n) is 16.0. The Bertz CT molecular complexity index is 1080. The first-order valence-corrected chi connectivity index (χ1v) is 9.01. The van der Waals surface area contributed by atoms with Crippen molar-refractivity contribution in [3.8, 4) is 17.2 Å². The molecule has 0 aliphatic heterocycles. The normalized spacial score (nSPS) is 10.4. The molecule has 7 nitrogen and oxygen atoms in total. The highest BCUT2D eigenvalue weighted by Crippen LogP contribution is 2.33. The number of ether oxygens (including phenoxy) is 2. The van der Waals surface area contributed by atoms with Crippen molar-refractivity contribution in [3.05, 3.63) is 76.5 Å². The molecule has 3 rings (SSSR count). The van der Waals surface area contributed by atoms with Crippen molar-refractivity contribution in [1.29, 1.82) is 0 Å². The highest BCUT2D eigenvalue weighted by Gasteiger charge is 2.13. The van der Waals surface area contributed by atoms with Crippen molar-refractivity contribution in [2.24, 2.45) is 0 Å². The fraction of sp³-hybridized carbons (Fsp3) is 0.190. The maximum atomic E-state index is 14.5. The van der Waals surface area contributed by atoms with Gasteiger partial charge < -0.3 is 14.8 Å². The number of anilines is 1. The van der Waals surface area contributed by atoms with E-state index in [0.29, 0.717) is 24.5 Å². The standard InChI is InChI=1S/C21H20FN3O4/c1-3-12-25-20(26)11-9-16(24-25)21(27)23-14-8-10-17(15(22)13-14)29-19-7-5-4-6-18(19)28-2/h4-11,13H,3,12H2,1-2H3,(H,23,27). The predicted molar refractivity (Wildman–Crippen MR) is 106 cm³/mol. The Hall–Kier alpha value is -3.68. The number of aryl methyl sites for hydroxylation is 1. The Morgan fingerprint density at radius 1 is 1.10 bits per heavy atom. The van der Waals surface area contributed by atoms with Gasteiger partial charge in [-0.25, -0.2) is 9.07 Å². The van der Waals surface area contributed by atoms with Crippen LogP contribution in [-0.2, 0) is 6.54 Å². The number of amides is 1. The molecule has 1 aromatic heterocycles. The van der Waals surface area contributed by atoms with Gasteiger partial charge in [-0.3, -0.25) is 9.59 Å². The summed E-state index contributed by atoms with van der Waals surface area (Å²) in [7, 11) is 1.49. The molecule has 1 heterocycles. The molecule has 0 bridgehead atoms. The third kappa shape index (κ3) is 4.78. The van der Waals surface area contributed by atoms with Gasteiger partial charge in [0.05, 0.1) is 7.11 Å². The Balaban J connectivity index is 1.76. The highest BCUT2D eigenvalue weighted by atomic mass is 19.1. The van der Waals surface area contributed by atoms with Crippen LogP contribution in [-0.4, -0.2) is 22.8 Å². The summed E-state index contributed by atoms with van der Waals surface area (Å²) in [6.45, 7) is 2.31. The van der Waals surface area contributed by atoms with Crippen molar-refractivity contribution in [3.63, 3.8) is 0 Å². The minimum atomic E-state index is -0.655. The first kappa shape index (κ1) is 20.1. The van der Waals surface area contributed by atoms with E-state index in [1.807, 2.05) is 6.92 Å². The van der Waals surface area contributed by atoms with Crippen molar-refractivity contribution < 1.29 is 18.7 Å². The Labute approximate surface area is 166 Å². The van der Waals surface area contributed by atoms with Crippen LogP contribution in [0.5, 0.6) is 17.2 Å². The second kappa shape index (κ2) is 9.01. The van der Waals surface area contributed by atoms with Gasteiger partial charge in [-0.1, -0.05) is 19.1 Å². The summed E-state index contributed by atoms with van der Waals surface area (Å²) in [6, 6.07) is 13.5. The molecule has 0 saturated heterocycles. The molecule has 8 heteroatoms. The topological polar surface area (TPSA) is 82.5 Å². The van der Waals surface area contributed by atoms with Gasteiger partial charge in [-0.05, 0) is 36.8 Å². The minimum absolute atomic E-state index is 0.0119. The third-order valence-electron chi connectivity index (χ3n) is 4.01. The van der Waals surface area contributed by atoms with Crippen molar-refractivity contribution in [1.82, 2.24) is 9.78 Å². The molecule has 1 amide bonds. The van der Waals surface area contributed by atoms with Gasteiger partial charge in [0, 0.05) is 24.4 Å². The Morgan fingerprint density at radius 2 is 1.86 bits per heavy atom. The summed E-state index contributed by atoms with van der Waals surface area (Å²) in [4.78, 5) is 24.1. The maximum Gasteiger partial charge on any atom is 0.276 e. The number of carbonyl (C=O) groups excluding carboxylic acids is 1. The van der Waals surface area contributed by atoms with Crippen LogP contribution in [0.2, 0.25) is 0 Å². The molecule has 0 saturated carbocycles. The molecule has 0 spiro atoms. The Morgan fingerprint density at radius 3 is 2.55 bits per heavy atom. The van der Waals surface area contributed by atoms with E-state index in [0.717, 1.165) is 6.07 Å². The van der Waals surface area contributed by atoms with Crippen LogP contribution < -0.4 is 20.3 Å². The van der Waals surface area contributed by atoms with Gasteiger partial charge in [0.1, 0.15) is 5.69 Å². The van der Waals surface area contributed by atoms with E-state index < -0.39 is 11.7 Å². The monoisotopic (exact) mass is 397 g/mol. The average Bonchev–Trinajstić information content (AvgIpc) is 2.72. The van der Waals surface area contributed by atoms with Crippen molar-refractivity contribution in [2.75, 3.05) is 12.4 Å². The number of carbonyl (C=O) groups is 1. The number of benzene rings is 2. The van der Waals surface area contributed by atoms with Crippen molar-refractivity contribution in [2.45, 2.75) is 19.9 Å². The number of halogens is 1. The molecule has 150 valence electrons. The van der Waals surface area contributed by atoms with Gasteiger partial charge in [0.15, 0.2) is 23.1 Å². The molecule has 29 heavy (non-hydrogen) atoms. The van der Waals surface area contributed by atoms with Gasteiger partial charge in [0.2, 0.25) is 0 Å². The summed E-state index contributed by atoms with van der Waals surface area (Å²) in [6.07, 6.45) is 0.705. The lowest BCUT2D eigenvalue weighted by molar-refractivity contribution is 0.101. The molecule has 0 aliphatic carbocycles. The van der Waals surface area contributed by atoms with Crippen LogP contribution in [0.3, 0.4) is 0 Å². The van der Waals surface area contributed by atoms with Gasteiger partial charge in [-0.15, -0.1) is 0 Å². The quantitative estimate of drug-likeness (QED) is 0.655. The largest absolute Gasteiger partial charge is 0.493 e. The molecule has 0 radical (unpaired) electrons. The zero-order chi connectivity index (χ0) is 20.8. The number of nitrogens with zero attached hydrogens (tertiary/aromatic N) is 2. The summed E-state index contributed by atoms with van der Waals surface area (Å²) in [5.41, 5.74) is 0.00927. The van der Waals surface area contributed by atoms with Crippen LogP contribution in [0.15, 0.2) is 59.4 Å². The van der Waals surface area contributed by atoms with Gasteiger partial charge >= 0.3 is 0 Å². The smallest absolute Gasteiger partial charge is 0.276 e. The summed E-state index contributed by atoms with van der Waals surface area (Å²) >= 11 is 0. The summed E-state index contributed by atoms with van der Waals surface area (Å²) < 4.78 is 26.4. The highest BCUT2D eigenvalue weighted by molar-refractivity contribution is 6.02. The number of nitrogens with one attached hydrogen (secondary N) is 1. The molecule has 0 atom stereocenters. The first-order chi connectivity index (χ1) is 14.0. The maximum absolute atomic E-state index is 14.5. The number of para-hydroxylation sites is 2. The number of rotatable bonds is 7. The summed E-state index contributed by atoms with van der Waals surface area (Å²) in [5.74, 6) is -0.377. The van der Waals surface area contributed by atoms with Crippen LogP contribution in [0, 0.1) is 5.82 Å².